The second-order valence-corrected chi connectivity index (χ2v) is 6.08. The quantitative estimate of drug-likeness (QED) is 0.606. The molecular formula is C20H18N4O5. The van der Waals surface area contributed by atoms with Gasteiger partial charge in [0.2, 0.25) is 5.91 Å². The van der Waals surface area contributed by atoms with Crippen LogP contribution in [0, 0.1) is 0 Å². The standard InChI is InChI=1S/C20H18N4O5/c1-2-24-19(27)15-6-4-3-5-14(15)17(23-24)20(28)29-11-16(25)22-13-9-7-12(8-10-13)18(21)26/h3-10H,2,11H2,1H3,(H2,21,26)(H,22,25). The second-order valence-electron chi connectivity index (χ2n) is 6.08. The first-order valence-corrected chi connectivity index (χ1v) is 8.77. The highest BCUT2D eigenvalue weighted by Gasteiger charge is 2.18. The number of hydrogen-bond donors (Lipinski definition) is 2. The minimum atomic E-state index is -0.817. The molecule has 0 spiro atoms. The molecule has 0 fully saturated rings. The number of esters is 1. The molecule has 9 heteroatoms. The van der Waals surface area contributed by atoms with Crippen LogP contribution in [0.2, 0.25) is 0 Å². The normalized spacial score (nSPS) is 10.5. The number of aromatic nitrogens is 2. The summed E-state index contributed by atoms with van der Waals surface area (Å²) in [5.74, 6) is -1.97. The summed E-state index contributed by atoms with van der Waals surface area (Å²) in [6.45, 7) is 1.47. The molecule has 29 heavy (non-hydrogen) atoms. The number of hydrogen-bond acceptors (Lipinski definition) is 6. The SMILES string of the molecule is CCn1nc(C(=O)OCC(=O)Nc2ccc(C(N)=O)cc2)c2ccccc2c1=O. The number of aryl methyl sites for hydroxylation is 1. The van der Waals surface area contributed by atoms with E-state index >= 15 is 0 Å². The zero-order chi connectivity index (χ0) is 21.0. The predicted octanol–water partition coefficient (Wildman–Crippen LogP) is 1.31. The number of nitrogens with two attached hydrogens (primary N) is 1. The molecule has 0 aliphatic heterocycles. The maximum Gasteiger partial charge on any atom is 0.359 e. The number of nitrogens with one attached hydrogen (secondary N) is 1. The zero-order valence-electron chi connectivity index (χ0n) is 15.5. The van der Waals surface area contributed by atoms with E-state index in [9.17, 15) is 19.2 Å². The molecule has 0 aliphatic rings. The molecule has 3 N–H and O–H groups in total. The van der Waals surface area contributed by atoms with Gasteiger partial charge in [-0.2, -0.15) is 5.10 Å². The maximum atomic E-state index is 12.5. The van der Waals surface area contributed by atoms with Gasteiger partial charge in [0.25, 0.3) is 11.5 Å². The van der Waals surface area contributed by atoms with Crippen LogP contribution in [0.25, 0.3) is 10.8 Å². The van der Waals surface area contributed by atoms with Gasteiger partial charge in [0, 0.05) is 23.2 Å². The van der Waals surface area contributed by atoms with Gasteiger partial charge < -0.3 is 15.8 Å². The van der Waals surface area contributed by atoms with Crippen molar-refractivity contribution in [2.24, 2.45) is 5.73 Å². The number of carbonyl (C=O) groups is 3. The highest BCUT2D eigenvalue weighted by molar-refractivity contribution is 6.03. The minimum Gasteiger partial charge on any atom is -0.451 e. The van der Waals surface area contributed by atoms with E-state index in [1.54, 1.807) is 31.2 Å². The van der Waals surface area contributed by atoms with Crippen LogP contribution < -0.4 is 16.6 Å². The van der Waals surface area contributed by atoms with Gasteiger partial charge in [0.1, 0.15) is 0 Å². The molecule has 0 saturated carbocycles. The molecule has 2 amide bonds. The molecule has 0 aliphatic carbocycles. The Hall–Kier alpha value is -4.01. The Labute approximate surface area is 165 Å². The van der Waals surface area contributed by atoms with Gasteiger partial charge in [-0.1, -0.05) is 18.2 Å². The molecule has 3 aromatic rings. The second kappa shape index (κ2) is 8.34. The van der Waals surface area contributed by atoms with Crippen molar-refractivity contribution >= 4 is 34.2 Å². The van der Waals surface area contributed by atoms with E-state index in [1.807, 2.05) is 0 Å². The molecule has 2 aromatic carbocycles. The van der Waals surface area contributed by atoms with Gasteiger partial charge in [-0.25, -0.2) is 9.48 Å². The van der Waals surface area contributed by atoms with Crippen LogP contribution in [0.5, 0.6) is 0 Å². The number of amides is 2. The van der Waals surface area contributed by atoms with Gasteiger partial charge in [0.05, 0.1) is 5.39 Å². The lowest BCUT2D eigenvalue weighted by Gasteiger charge is -2.10. The molecule has 0 unspecified atom stereocenters. The maximum absolute atomic E-state index is 12.5. The number of anilines is 1. The number of carbonyl (C=O) groups excluding carboxylic acids is 3. The first-order chi connectivity index (χ1) is 13.9. The fourth-order valence-electron chi connectivity index (χ4n) is 2.71. The van der Waals surface area contributed by atoms with Gasteiger partial charge in [-0.15, -0.1) is 0 Å². The number of nitrogens with zero attached hydrogens (tertiary/aromatic N) is 2. The molecule has 9 nitrogen and oxygen atoms in total. The van der Waals surface area contributed by atoms with Crippen LogP contribution in [-0.2, 0) is 16.1 Å². The average molecular weight is 394 g/mol. The summed E-state index contributed by atoms with van der Waals surface area (Å²) in [6, 6.07) is 12.5. The van der Waals surface area contributed by atoms with Gasteiger partial charge in [-0.3, -0.25) is 14.4 Å². The lowest BCUT2D eigenvalue weighted by molar-refractivity contribution is -0.119. The molecule has 1 heterocycles. The number of ether oxygens (including phenoxy) is 1. The monoisotopic (exact) mass is 394 g/mol. The van der Waals surface area contributed by atoms with E-state index in [0.717, 1.165) is 0 Å². The third-order valence-electron chi connectivity index (χ3n) is 4.15. The highest BCUT2D eigenvalue weighted by Crippen LogP contribution is 2.14. The van der Waals surface area contributed by atoms with Crippen molar-refractivity contribution < 1.29 is 19.1 Å². The number of fused-ring (bicyclic) bond motifs is 1. The average Bonchev–Trinajstić information content (AvgIpc) is 2.73. The van der Waals surface area contributed by atoms with Crippen molar-refractivity contribution in [3.8, 4) is 0 Å². The Balaban J connectivity index is 1.72. The van der Waals surface area contributed by atoms with Crippen LogP contribution in [0.15, 0.2) is 53.3 Å². The fraction of sp³-hybridized carbons (Fsp3) is 0.150. The van der Waals surface area contributed by atoms with Crippen molar-refractivity contribution in [2.75, 3.05) is 11.9 Å². The third-order valence-corrected chi connectivity index (χ3v) is 4.15. The van der Waals surface area contributed by atoms with Crippen LogP contribution >= 0.6 is 0 Å². The summed E-state index contributed by atoms with van der Waals surface area (Å²) in [4.78, 5) is 47.9. The van der Waals surface area contributed by atoms with Crippen LogP contribution in [-0.4, -0.2) is 34.2 Å². The van der Waals surface area contributed by atoms with Crippen molar-refractivity contribution in [1.82, 2.24) is 9.78 Å². The first-order valence-electron chi connectivity index (χ1n) is 8.77. The summed E-state index contributed by atoms with van der Waals surface area (Å²) in [5, 5.41) is 7.30. The Morgan fingerprint density at radius 3 is 2.34 bits per heavy atom. The number of benzene rings is 2. The van der Waals surface area contributed by atoms with E-state index < -0.39 is 24.4 Å². The van der Waals surface area contributed by atoms with Gasteiger partial charge in [0.15, 0.2) is 12.3 Å². The van der Waals surface area contributed by atoms with E-state index in [-0.39, 0.29) is 17.8 Å². The van der Waals surface area contributed by atoms with Crippen molar-refractivity contribution in [3.63, 3.8) is 0 Å². The predicted molar refractivity (Wildman–Crippen MR) is 106 cm³/mol. The van der Waals surface area contributed by atoms with Crippen molar-refractivity contribution in [1.29, 1.82) is 0 Å². The summed E-state index contributed by atoms with van der Waals surface area (Å²) in [5.41, 5.74) is 5.53. The van der Waals surface area contributed by atoms with Crippen LogP contribution in [0.4, 0.5) is 5.69 Å². The Bertz CT molecular complexity index is 1150. The van der Waals surface area contributed by atoms with E-state index in [4.69, 9.17) is 10.5 Å². The third kappa shape index (κ3) is 4.29. The molecule has 0 saturated heterocycles. The molecule has 0 radical (unpaired) electrons. The molecule has 1 aromatic heterocycles. The Morgan fingerprint density at radius 2 is 1.72 bits per heavy atom. The molecule has 148 valence electrons. The number of rotatable bonds is 6. The lowest BCUT2D eigenvalue weighted by Crippen LogP contribution is -2.27. The fourth-order valence-corrected chi connectivity index (χ4v) is 2.71. The van der Waals surface area contributed by atoms with E-state index in [2.05, 4.69) is 10.4 Å². The minimum absolute atomic E-state index is 0.0411. The lowest BCUT2D eigenvalue weighted by atomic mass is 10.1. The van der Waals surface area contributed by atoms with Gasteiger partial charge >= 0.3 is 5.97 Å². The summed E-state index contributed by atoms with van der Waals surface area (Å²) in [6.07, 6.45) is 0. The van der Waals surface area contributed by atoms with Crippen LogP contribution in [0.3, 0.4) is 0 Å². The Morgan fingerprint density at radius 1 is 1.07 bits per heavy atom. The topological polar surface area (TPSA) is 133 Å². The Kier molecular flexibility index (Phi) is 5.68. The highest BCUT2D eigenvalue weighted by atomic mass is 16.5. The smallest absolute Gasteiger partial charge is 0.359 e. The summed E-state index contributed by atoms with van der Waals surface area (Å²) >= 11 is 0. The molecule has 0 atom stereocenters. The van der Waals surface area contributed by atoms with Crippen molar-refractivity contribution in [3.05, 3.63) is 70.1 Å². The van der Waals surface area contributed by atoms with Crippen molar-refractivity contribution in [2.45, 2.75) is 13.5 Å². The van der Waals surface area contributed by atoms with E-state index in [1.165, 1.54) is 28.9 Å². The zero-order valence-corrected chi connectivity index (χ0v) is 15.5. The van der Waals surface area contributed by atoms with Crippen LogP contribution in [0.1, 0.15) is 27.8 Å². The molecule has 3 rings (SSSR count). The molecule has 0 bridgehead atoms. The summed E-state index contributed by atoms with van der Waals surface area (Å²) < 4.78 is 6.23. The van der Waals surface area contributed by atoms with Gasteiger partial charge in [-0.05, 0) is 37.3 Å². The molecular weight excluding hydrogens is 376 g/mol. The first kappa shape index (κ1) is 19.7. The summed E-state index contributed by atoms with van der Waals surface area (Å²) in [7, 11) is 0. The van der Waals surface area contributed by atoms with E-state index in [0.29, 0.717) is 22.0 Å². The largest absolute Gasteiger partial charge is 0.451 e. The number of primary amides is 1.